The Morgan fingerprint density at radius 1 is 1.46 bits per heavy atom. The highest BCUT2D eigenvalue weighted by atomic mass is 19.3. The first kappa shape index (κ1) is 11.6. The van der Waals surface area contributed by atoms with Crippen molar-refractivity contribution in [1.82, 2.24) is 5.32 Å². The topological polar surface area (TPSA) is 95.6 Å². The van der Waals surface area contributed by atoms with Crippen LogP contribution in [-0.2, 0) is 4.79 Å². The van der Waals surface area contributed by atoms with Crippen molar-refractivity contribution in [3.05, 3.63) is 11.5 Å². The molecule has 0 rings (SSSR count). The van der Waals surface area contributed by atoms with Crippen LogP contribution in [0.2, 0.25) is 0 Å². The number of carbonyl (C=O) groups is 1. The lowest BCUT2D eigenvalue weighted by molar-refractivity contribution is -0.135. The van der Waals surface area contributed by atoms with E-state index in [1.165, 1.54) is 0 Å². The molecule has 0 aromatic heterocycles. The molecule has 0 aromatic carbocycles. The lowest BCUT2D eigenvalue weighted by Gasteiger charge is -2.09. The predicted octanol–water partition coefficient (Wildman–Crippen LogP) is -0.346. The van der Waals surface area contributed by atoms with E-state index in [-0.39, 0.29) is 13.1 Å². The van der Waals surface area contributed by atoms with Gasteiger partial charge >= 0.3 is 5.97 Å². The number of halogens is 2. The van der Waals surface area contributed by atoms with Gasteiger partial charge in [-0.1, -0.05) is 0 Å². The van der Waals surface area contributed by atoms with E-state index in [9.17, 15) is 13.6 Å². The number of nitrogens with two attached hydrogens (primary N) is 1. The van der Waals surface area contributed by atoms with Crippen LogP contribution in [0, 0.1) is 0 Å². The fourth-order valence-corrected chi connectivity index (χ4v) is 0.586. The molecule has 0 aliphatic carbocycles. The second-order valence-corrected chi connectivity index (χ2v) is 2.08. The summed E-state index contributed by atoms with van der Waals surface area (Å²) in [5, 5.41) is 18.9. The number of hydrogen-bond donors (Lipinski definition) is 4. The first-order valence-electron chi connectivity index (χ1n) is 3.39. The normalized spacial score (nSPS) is 12.6. The minimum atomic E-state index is -3.07. The van der Waals surface area contributed by atoms with E-state index in [0.717, 1.165) is 0 Å². The summed E-state index contributed by atoms with van der Waals surface area (Å²) < 4.78 is 24.1. The minimum absolute atomic E-state index is 0.0307. The Morgan fingerprint density at radius 2 is 2.00 bits per heavy atom. The van der Waals surface area contributed by atoms with Crippen molar-refractivity contribution in [3.8, 4) is 0 Å². The number of carboxylic acid groups (broad SMARTS) is 1. The van der Waals surface area contributed by atoms with Crippen LogP contribution in [0.15, 0.2) is 11.5 Å². The zero-order chi connectivity index (χ0) is 10.4. The smallest absolute Gasteiger partial charge is 0.373 e. The average Bonchev–Trinajstić information content (AvgIpc) is 2.04. The highest BCUT2D eigenvalue weighted by Gasteiger charge is 2.20. The van der Waals surface area contributed by atoms with Crippen LogP contribution in [0.1, 0.15) is 0 Å². The Hall–Kier alpha value is -1.37. The second-order valence-electron chi connectivity index (χ2n) is 2.08. The van der Waals surface area contributed by atoms with Gasteiger partial charge in [0.15, 0.2) is 0 Å². The van der Waals surface area contributed by atoms with E-state index in [1.54, 1.807) is 0 Å². The molecule has 5 nitrogen and oxygen atoms in total. The molecule has 0 radical (unpaired) electrons. The van der Waals surface area contributed by atoms with Gasteiger partial charge < -0.3 is 21.3 Å². The van der Waals surface area contributed by atoms with Crippen molar-refractivity contribution in [2.45, 2.75) is 6.43 Å². The number of rotatable bonds is 5. The molecule has 0 spiro atoms. The largest absolute Gasteiger partial charge is 0.500 e. The van der Waals surface area contributed by atoms with Crippen LogP contribution in [0.3, 0.4) is 0 Å². The Labute approximate surface area is 72.8 Å². The molecule has 0 saturated carbocycles. The van der Waals surface area contributed by atoms with Crippen molar-refractivity contribution in [1.29, 1.82) is 0 Å². The first-order valence-corrected chi connectivity index (χ1v) is 3.39. The first-order chi connectivity index (χ1) is 6.00. The molecule has 7 heteroatoms. The molecular weight excluding hydrogens is 186 g/mol. The lowest BCUT2D eigenvalue weighted by Crippen LogP contribution is -2.28. The number of allylic oxidation sites excluding steroid dienone is 1. The van der Waals surface area contributed by atoms with Crippen LogP contribution in [-0.4, -0.2) is 35.7 Å². The number of carboxylic acids is 1. The highest BCUT2D eigenvalue weighted by molar-refractivity contribution is 5.84. The molecule has 76 valence electrons. The van der Waals surface area contributed by atoms with Crippen molar-refractivity contribution in [2.24, 2.45) is 5.73 Å². The predicted molar refractivity (Wildman–Crippen MR) is 40.4 cm³/mol. The van der Waals surface area contributed by atoms with E-state index in [1.807, 2.05) is 5.32 Å². The Bertz CT molecular complexity index is 218. The number of aliphatic hydroxyl groups is 1. The van der Waals surface area contributed by atoms with Crippen LogP contribution < -0.4 is 11.1 Å². The maximum atomic E-state index is 12.0. The van der Waals surface area contributed by atoms with Gasteiger partial charge in [0.1, 0.15) is 5.70 Å². The van der Waals surface area contributed by atoms with Crippen molar-refractivity contribution in [3.63, 3.8) is 0 Å². The van der Waals surface area contributed by atoms with Crippen LogP contribution in [0.4, 0.5) is 8.78 Å². The van der Waals surface area contributed by atoms with Crippen molar-refractivity contribution >= 4 is 5.97 Å². The molecule has 0 aliphatic heterocycles. The van der Waals surface area contributed by atoms with E-state index < -0.39 is 23.9 Å². The minimum Gasteiger partial charge on any atom is -0.500 e. The summed E-state index contributed by atoms with van der Waals surface area (Å²) in [6.45, 7) is 0.0279. The van der Waals surface area contributed by atoms with Gasteiger partial charge in [-0.25, -0.2) is 13.6 Å². The molecule has 0 heterocycles. The summed E-state index contributed by atoms with van der Waals surface area (Å²) in [5.41, 5.74) is 3.98. The maximum absolute atomic E-state index is 12.0. The number of nitrogens with one attached hydrogen (secondary N) is 1. The van der Waals surface area contributed by atoms with Gasteiger partial charge in [-0.3, -0.25) is 0 Å². The van der Waals surface area contributed by atoms with Gasteiger partial charge in [0, 0.05) is 13.1 Å². The third-order valence-electron chi connectivity index (χ3n) is 1.14. The number of aliphatic carboxylic acids is 1. The maximum Gasteiger partial charge on any atom is 0.373 e. The highest BCUT2D eigenvalue weighted by Crippen LogP contribution is 2.08. The molecule has 5 N–H and O–H groups in total. The Kier molecular flexibility index (Phi) is 4.75. The van der Waals surface area contributed by atoms with Gasteiger partial charge in [0.25, 0.3) is 6.43 Å². The molecule has 0 fully saturated rings. The number of aliphatic hydroxyl groups excluding tert-OH is 1. The summed E-state index contributed by atoms with van der Waals surface area (Å²) in [4.78, 5) is 10.1. The quantitative estimate of drug-likeness (QED) is 0.356. The third-order valence-corrected chi connectivity index (χ3v) is 1.14. The van der Waals surface area contributed by atoms with Crippen LogP contribution in [0.5, 0.6) is 0 Å². The fourth-order valence-electron chi connectivity index (χ4n) is 0.586. The molecule has 0 amide bonds. The Morgan fingerprint density at radius 3 is 2.31 bits per heavy atom. The van der Waals surface area contributed by atoms with Gasteiger partial charge in [-0.2, -0.15) is 0 Å². The SMILES string of the molecule is NCCN/C(=C(\O)C(=O)O)C(F)F. The molecule has 0 unspecified atom stereocenters. The third kappa shape index (κ3) is 3.70. The molecule has 0 atom stereocenters. The van der Waals surface area contributed by atoms with E-state index in [4.69, 9.17) is 15.9 Å². The van der Waals surface area contributed by atoms with Crippen LogP contribution in [0.25, 0.3) is 0 Å². The molecule has 0 aliphatic rings. The van der Waals surface area contributed by atoms with Crippen LogP contribution >= 0.6 is 0 Å². The summed E-state index contributed by atoms with van der Waals surface area (Å²) in [7, 11) is 0. The van der Waals surface area contributed by atoms with Gasteiger partial charge in [-0.05, 0) is 0 Å². The summed E-state index contributed by atoms with van der Waals surface area (Å²) >= 11 is 0. The van der Waals surface area contributed by atoms with E-state index in [2.05, 4.69) is 0 Å². The fraction of sp³-hybridized carbons (Fsp3) is 0.500. The number of hydrogen-bond acceptors (Lipinski definition) is 4. The van der Waals surface area contributed by atoms with Gasteiger partial charge in [0.05, 0.1) is 0 Å². The lowest BCUT2D eigenvalue weighted by atomic mass is 10.3. The monoisotopic (exact) mass is 196 g/mol. The standard InChI is InChI=1S/C6H10F2N2O3/c7-5(8)3(10-2-1-9)4(11)6(12)13/h5,10-11H,1-2,9H2,(H,12,13)/b4-3-. The molecule has 0 bridgehead atoms. The molecule has 0 saturated heterocycles. The summed E-state index contributed by atoms with van der Waals surface area (Å²) in [6, 6.07) is 0. The Balaban J connectivity index is 4.57. The second kappa shape index (κ2) is 5.31. The van der Waals surface area contributed by atoms with E-state index >= 15 is 0 Å². The van der Waals surface area contributed by atoms with Gasteiger partial charge in [-0.15, -0.1) is 0 Å². The molecular formula is C6H10F2N2O3. The molecule has 0 aromatic rings. The van der Waals surface area contributed by atoms with Crippen molar-refractivity contribution in [2.75, 3.05) is 13.1 Å². The number of alkyl halides is 2. The zero-order valence-electron chi connectivity index (χ0n) is 6.63. The summed E-state index contributed by atoms with van der Waals surface area (Å²) in [5.74, 6) is -3.19. The van der Waals surface area contributed by atoms with Crippen molar-refractivity contribution < 1.29 is 23.8 Å². The average molecular weight is 196 g/mol. The van der Waals surface area contributed by atoms with Gasteiger partial charge in [0.2, 0.25) is 5.76 Å². The zero-order valence-corrected chi connectivity index (χ0v) is 6.63. The van der Waals surface area contributed by atoms with E-state index in [0.29, 0.717) is 0 Å². The molecule has 13 heavy (non-hydrogen) atoms. The summed E-state index contributed by atoms with van der Waals surface area (Å²) in [6.07, 6.45) is -3.07.